The van der Waals surface area contributed by atoms with Gasteiger partial charge in [0.05, 0.1) is 18.1 Å². The monoisotopic (exact) mass is 297 g/mol. The predicted octanol–water partition coefficient (Wildman–Crippen LogP) is 1.63. The lowest BCUT2D eigenvalue weighted by molar-refractivity contribution is 0.263. The smallest absolute Gasteiger partial charge is 0.154 e. The first kappa shape index (κ1) is 13.3. The Labute approximate surface area is 128 Å². The minimum Gasteiger partial charge on any atom is -0.366 e. The standard InChI is InChI=1S/C15H19N7/c1-21-6-4-12(5-7-21)19-14-2-3-15-16-10-13(22(15)20-14)11-8-17-18-9-11/h2-3,8-10,12H,4-7H2,1H3,(H,17,18)(H,19,20). The van der Waals surface area contributed by atoms with E-state index in [1.54, 1.807) is 6.20 Å². The van der Waals surface area contributed by atoms with Crippen LogP contribution in [0.15, 0.2) is 30.7 Å². The van der Waals surface area contributed by atoms with Crippen molar-refractivity contribution in [2.45, 2.75) is 18.9 Å². The van der Waals surface area contributed by atoms with Crippen LogP contribution in [0.5, 0.6) is 0 Å². The number of nitrogens with one attached hydrogen (secondary N) is 2. The summed E-state index contributed by atoms with van der Waals surface area (Å²) in [6.45, 7) is 2.26. The van der Waals surface area contributed by atoms with E-state index in [0.717, 1.165) is 48.7 Å². The maximum Gasteiger partial charge on any atom is 0.154 e. The van der Waals surface area contributed by atoms with Crippen molar-refractivity contribution in [3.8, 4) is 11.3 Å². The van der Waals surface area contributed by atoms with Crippen LogP contribution in [-0.4, -0.2) is 55.9 Å². The molecule has 4 rings (SSSR count). The Balaban J connectivity index is 1.61. The Kier molecular flexibility index (Phi) is 3.27. The molecule has 3 aromatic heterocycles. The lowest BCUT2D eigenvalue weighted by Gasteiger charge is -2.29. The summed E-state index contributed by atoms with van der Waals surface area (Å²) in [7, 11) is 2.17. The summed E-state index contributed by atoms with van der Waals surface area (Å²) >= 11 is 0. The quantitative estimate of drug-likeness (QED) is 0.768. The van der Waals surface area contributed by atoms with Gasteiger partial charge in [-0.3, -0.25) is 5.10 Å². The summed E-state index contributed by atoms with van der Waals surface area (Å²) in [4.78, 5) is 6.76. The minimum atomic E-state index is 0.488. The first-order chi connectivity index (χ1) is 10.8. The number of aromatic amines is 1. The Morgan fingerprint density at radius 2 is 2.09 bits per heavy atom. The van der Waals surface area contributed by atoms with Crippen molar-refractivity contribution in [3.63, 3.8) is 0 Å². The van der Waals surface area contributed by atoms with E-state index in [1.807, 2.05) is 29.0 Å². The first-order valence-corrected chi connectivity index (χ1v) is 7.58. The van der Waals surface area contributed by atoms with Crippen molar-refractivity contribution in [1.29, 1.82) is 0 Å². The van der Waals surface area contributed by atoms with Crippen molar-refractivity contribution >= 4 is 11.5 Å². The molecule has 0 unspecified atom stereocenters. The number of hydrogen-bond donors (Lipinski definition) is 2. The molecule has 0 atom stereocenters. The van der Waals surface area contributed by atoms with E-state index in [2.05, 4.69) is 32.4 Å². The summed E-state index contributed by atoms with van der Waals surface area (Å²) in [5.41, 5.74) is 2.76. The van der Waals surface area contributed by atoms with E-state index in [9.17, 15) is 0 Å². The summed E-state index contributed by atoms with van der Waals surface area (Å²) < 4.78 is 1.86. The van der Waals surface area contributed by atoms with Crippen LogP contribution in [0.2, 0.25) is 0 Å². The largest absolute Gasteiger partial charge is 0.366 e. The summed E-state index contributed by atoms with van der Waals surface area (Å²) in [6.07, 6.45) is 7.75. The number of piperidine rings is 1. The molecule has 0 saturated carbocycles. The van der Waals surface area contributed by atoms with E-state index < -0.39 is 0 Å². The lowest BCUT2D eigenvalue weighted by atomic mass is 10.1. The van der Waals surface area contributed by atoms with Crippen molar-refractivity contribution in [1.82, 2.24) is 29.7 Å². The number of likely N-dealkylation sites (tertiary alicyclic amines) is 1. The Morgan fingerprint density at radius 3 is 2.86 bits per heavy atom. The van der Waals surface area contributed by atoms with Gasteiger partial charge in [0.25, 0.3) is 0 Å². The fraction of sp³-hybridized carbons (Fsp3) is 0.400. The zero-order valence-corrected chi connectivity index (χ0v) is 12.5. The fourth-order valence-electron chi connectivity index (χ4n) is 2.90. The highest BCUT2D eigenvalue weighted by Crippen LogP contribution is 2.20. The number of aromatic nitrogens is 5. The lowest BCUT2D eigenvalue weighted by Crippen LogP contribution is -2.36. The van der Waals surface area contributed by atoms with Gasteiger partial charge in [-0.25, -0.2) is 9.50 Å². The molecular formula is C15H19N7. The topological polar surface area (TPSA) is 74.1 Å². The van der Waals surface area contributed by atoms with E-state index in [0.29, 0.717) is 6.04 Å². The van der Waals surface area contributed by atoms with Gasteiger partial charge in [0.1, 0.15) is 5.82 Å². The van der Waals surface area contributed by atoms with Gasteiger partial charge in [0.2, 0.25) is 0 Å². The van der Waals surface area contributed by atoms with Gasteiger partial charge in [0.15, 0.2) is 5.65 Å². The number of anilines is 1. The molecule has 0 spiro atoms. The predicted molar refractivity (Wildman–Crippen MR) is 84.7 cm³/mol. The molecule has 1 aliphatic heterocycles. The van der Waals surface area contributed by atoms with Crippen molar-refractivity contribution in [2.24, 2.45) is 0 Å². The summed E-state index contributed by atoms with van der Waals surface area (Å²) in [5, 5.41) is 15.1. The Morgan fingerprint density at radius 1 is 1.23 bits per heavy atom. The van der Waals surface area contributed by atoms with Gasteiger partial charge in [-0.05, 0) is 45.1 Å². The van der Waals surface area contributed by atoms with Gasteiger partial charge in [0, 0.05) is 17.8 Å². The molecule has 0 bridgehead atoms. The maximum absolute atomic E-state index is 4.69. The van der Waals surface area contributed by atoms with Gasteiger partial charge in [-0.2, -0.15) is 5.10 Å². The van der Waals surface area contributed by atoms with Crippen LogP contribution in [0, 0.1) is 0 Å². The molecule has 22 heavy (non-hydrogen) atoms. The highest BCUT2D eigenvalue weighted by Gasteiger charge is 2.17. The maximum atomic E-state index is 4.69. The van der Waals surface area contributed by atoms with Crippen molar-refractivity contribution in [2.75, 3.05) is 25.5 Å². The molecule has 0 aromatic carbocycles. The number of H-pyrrole nitrogens is 1. The highest BCUT2D eigenvalue weighted by atomic mass is 15.3. The van der Waals surface area contributed by atoms with E-state index >= 15 is 0 Å². The third-order valence-corrected chi connectivity index (χ3v) is 4.23. The zero-order valence-electron chi connectivity index (χ0n) is 12.5. The molecule has 1 aliphatic rings. The molecule has 3 aromatic rings. The van der Waals surface area contributed by atoms with Crippen LogP contribution < -0.4 is 5.32 Å². The van der Waals surface area contributed by atoms with E-state index in [1.165, 1.54) is 0 Å². The molecule has 4 heterocycles. The second-order valence-electron chi connectivity index (χ2n) is 5.84. The van der Waals surface area contributed by atoms with Gasteiger partial charge in [-0.1, -0.05) is 0 Å². The molecule has 7 nitrogen and oxygen atoms in total. The number of fused-ring (bicyclic) bond motifs is 1. The summed E-state index contributed by atoms with van der Waals surface area (Å²) in [5.74, 6) is 0.893. The van der Waals surface area contributed by atoms with Crippen LogP contribution in [0.3, 0.4) is 0 Å². The van der Waals surface area contributed by atoms with Crippen molar-refractivity contribution in [3.05, 3.63) is 30.7 Å². The van der Waals surface area contributed by atoms with Crippen LogP contribution in [-0.2, 0) is 0 Å². The second kappa shape index (κ2) is 5.42. The van der Waals surface area contributed by atoms with Crippen LogP contribution in [0.25, 0.3) is 16.9 Å². The van der Waals surface area contributed by atoms with Crippen LogP contribution in [0.1, 0.15) is 12.8 Å². The Bertz CT molecular complexity index is 753. The minimum absolute atomic E-state index is 0.488. The third-order valence-electron chi connectivity index (χ3n) is 4.23. The molecule has 2 N–H and O–H groups in total. The number of imidazole rings is 1. The summed E-state index contributed by atoms with van der Waals surface area (Å²) in [6, 6.07) is 4.48. The number of nitrogens with zero attached hydrogens (tertiary/aromatic N) is 5. The normalized spacial score (nSPS) is 17.1. The fourth-order valence-corrected chi connectivity index (χ4v) is 2.90. The average Bonchev–Trinajstić information content (AvgIpc) is 3.18. The van der Waals surface area contributed by atoms with Gasteiger partial charge < -0.3 is 10.2 Å². The van der Waals surface area contributed by atoms with Crippen LogP contribution in [0.4, 0.5) is 5.82 Å². The average molecular weight is 297 g/mol. The van der Waals surface area contributed by atoms with E-state index in [-0.39, 0.29) is 0 Å². The second-order valence-corrected chi connectivity index (χ2v) is 5.84. The number of hydrogen-bond acceptors (Lipinski definition) is 5. The van der Waals surface area contributed by atoms with E-state index in [4.69, 9.17) is 5.10 Å². The number of rotatable bonds is 3. The van der Waals surface area contributed by atoms with Gasteiger partial charge >= 0.3 is 0 Å². The molecule has 0 aliphatic carbocycles. The zero-order chi connectivity index (χ0) is 14.9. The molecule has 1 fully saturated rings. The Hall–Kier alpha value is -2.41. The highest BCUT2D eigenvalue weighted by molar-refractivity contribution is 5.62. The first-order valence-electron chi connectivity index (χ1n) is 7.58. The SMILES string of the molecule is CN1CCC(Nc2ccc3ncc(-c4cn[nH]c4)n3n2)CC1. The van der Waals surface area contributed by atoms with Gasteiger partial charge in [-0.15, -0.1) is 5.10 Å². The molecule has 114 valence electrons. The third kappa shape index (κ3) is 2.43. The van der Waals surface area contributed by atoms with Crippen molar-refractivity contribution < 1.29 is 0 Å². The molecule has 7 heteroatoms. The van der Waals surface area contributed by atoms with Crippen LogP contribution >= 0.6 is 0 Å². The molecule has 0 radical (unpaired) electrons. The molecular weight excluding hydrogens is 278 g/mol. The molecule has 0 amide bonds. The molecule has 1 saturated heterocycles.